The maximum absolute atomic E-state index is 6.20. The highest BCUT2D eigenvalue weighted by atomic mass is 32.1. The normalized spacial score (nSPS) is 13.1. The minimum absolute atomic E-state index is 0.123. The molecule has 3 rings (SSSR count). The van der Waals surface area contributed by atoms with Gasteiger partial charge in [-0.15, -0.1) is 11.3 Å². The Bertz CT molecular complexity index is 599. The molecule has 4 nitrogen and oxygen atoms in total. The fourth-order valence-electron chi connectivity index (χ4n) is 1.71. The Balaban J connectivity index is 2.12. The van der Waals surface area contributed by atoms with Crippen LogP contribution in [0.2, 0.25) is 0 Å². The van der Waals surface area contributed by atoms with Crippen LogP contribution in [0.4, 0.5) is 0 Å². The first-order chi connectivity index (χ1) is 7.86. The molecule has 0 amide bonds. The third kappa shape index (κ3) is 1.41. The Morgan fingerprint density at radius 2 is 2.31 bits per heavy atom. The van der Waals surface area contributed by atoms with E-state index >= 15 is 0 Å². The highest BCUT2D eigenvalue weighted by molar-refractivity contribution is 7.10. The lowest BCUT2D eigenvalue weighted by Crippen LogP contribution is -2.09. The standard InChI is InChI=1S/C11H10N4S/c12-11(10-2-1-5-16-10)8-6-14-15-4-3-13-7-9(8)15/h1-7,11H,12H2. The van der Waals surface area contributed by atoms with E-state index in [9.17, 15) is 0 Å². The summed E-state index contributed by atoms with van der Waals surface area (Å²) in [5, 5.41) is 6.28. The summed E-state index contributed by atoms with van der Waals surface area (Å²) in [7, 11) is 0. The first-order valence-corrected chi connectivity index (χ1v) is 5.80. The Morgan fingerprint density at radius 3 is 3.12 bits per heavy atom. The number of hydrogen-bond acceptors (Lipinski definition) is 4. The summed E-state index contributed by atoms with van der Waals surface area (Å²) in [4.78, 5) is 5.23. The van der Waals surface area contributed by atoms with Crippen LogP contribution >= 0.6 is 11.3 Å². The predicted molar refractivity (Wildman–Crippen MR) is 63.3 cm³/mol. The van der Waals surface area contributed by atoms with Crippen LogP contribution in [0.3, 0.4) is 0 Å². The molecule has 3 heterocycles. The molecule has 3 aromatic heterocycles. The molecule has 0 aliphatic heterocycles. The molecular weight excluding hydrogens is 220 g/mol. The zero-order valence-electron chi connectivity index (χ0n) is 8.45. The lowest BCUT2D eigenvalue weighted by atomic mass is 10.1. The van der Waals surface area contributed by atoms with Gasteiger partial charge >= 0.3 is 0 Å². The Hall–Kier alpha value is -1.72. The minimum atomic E-state index is -0.123. The van der Waals surface area contributed by atoms with E-state index in [2.05, 4.69) is 10.1 Å². The summed E-state index contributed by atoms with van der Waals surface area (Å²) >= 11 is 1.66. The number of thiophene rings is 1. The van der Waals surface area contributed by atoms with Gasteiger partial charge in [0.15, 0.2) is 0 Å². The summed E-state index contributed by atoms with van der Waals surface area (Å²) < 4.78 is 1.79. The van der Waals surface area contributed by atoms with E-state index in [0.29, 0.717) is 0 Å². The zero-order valence-corrected chi connectivity index (χ0v) is 9.26. The van der Waals surface area contributed by atoms with E-state index in [0.717, 1.165) is 16.0 Å². The Morgan fingerprint density at radius 1 is 1.38 bits per heavy atom. The lowest BCUT2D eigenvalue weighted by Gasteiger charge is -2.07. The third-order valence-corrected chi connectivity index (χ3v) is 3.49. The van der Waals surface area contributed by atoms with Crippen molar-refractivity contribution in [2.75, 3.05) is 0 Å². The zero-order chi connectivity index (χ0) is 11.0. The fraction of sp³-hybridized carbons (Fsp3) is 0.0909. The molecule has 0 radical (unpaired) electrons. The second-order valence-corrected chi connectivity index (χ2v) is 4.48. The van der Waals surface area contributed by atoms with E-state index in [1.54, 1.807) is 34.4 Å². The second kappa shape index (κ2) is 3.70. The summed E-state index contributed by atoms with van der Waals surface area (Å²) in [6, 6.07) is 3.92. The monoisotopic (exact) mass is 230 g/mol. The molecule has 1 atom stereocenters. The molecule has 0 bridgehead atoms. The highest BCUT2D eigenvalue weighted by Gasteiger charge is 2.14. The van der Waals surface area contributed by atoms with Crippen molar-refractivity contribution >= 4 is 16.9 Å². The summed E-state index contributed by atoms with van der Waals surface area (Å²) in [6.07, 6.45) is 7.12. The van der Waals surface area contributed by atoms with Crippen LogP contribution in [-0.4, -0.2) is 14.6 Å². The molecule has 3 aromatic rings. The van der Waals surface area contributed by atoms with Crippen LogP contribution in [0.15, 0.2) is 42.3 Å². The Kier molecular flexibility index (Phi) is 2.19. The van der Waals surface area contributed by atoms with Gasteiger partial charge in [-0.25, -0.2) is 4.52 Å². The molecule has 0 aliphatic carbocycles. The van der Waals surface area contributed by atoms with Crippen LogP contribution in [0.25, 0.3) is 5.52 Å². The van der Waals surface area contributed by atoms with Gasteiger partial charge in [0.2, 0.25) is 0 Å². The molecule has 0 spiro atoms. The van der Waals surface area contributed by atoms with E-state index in [1.807, 2.05) is 23.7 Å². The Labute approximate surface area is 96.4 Å². The summed E-state index contributed by atoms with van der Waals surface area (Å²) in [6.45, 7) is 0. The minimum Gasteiger partial charge on any atom is -0.319 e. The summed E-state index contributed by atoms with van der Waals surface area (Å²) in [5.74, 6) is 0. The van der Waals surface area contributed by atoms with Crippen molar-refractivity contribution < 1.29 is 0 Å². The van der Waals surface area contributed by atoms with Crippen molar-refractivity contribution in [1.82, 2.24) is 14.6 Å². The lowest BCUT2D eigenvalue weighted by molar-refractivity contribution is 0.902. The first-order valence-electron chi connectivity index (χ1n) is 4.92. The first kappa shape index (κ1) is 9.50. The molecule has 80 valence electrons. The van der Waals surface area contributed by atoms with Crippen molar-refractivity contribution in [3.05, 3.63) is 52.7 Å². The van der Waals surface area contributed by atoms with Crippen LogP contribution in [0.5, 0.6) is 0 Å². The molecule has 5 heteroatoms. The van der Waals surface area contributed by atoms with Crippen molar-refractivity contribution in [2.24, 2.45) is 5.73 Å². The van der Waals surface area contributed by atoms with Gasteiger partial charge in [0.25, 0.3) is 0 Å². The van der Waals surface area contributed by atoms with Gasteiger partial charge in [-0.1, -0.05) is 6.07 Å². The van der Waals surface area contributed by atoms with E-state index in [4.69, 9.17) is 5.73 Å². The number of nitrogens with zero attached hydrogens (tertiary/aromatic N) is 3. The molecule has 1 unspecified atom stereocenters. The van der Waals surface area contributed by atoms with Gasteiger partial charge < -0.3 is 5.73 Å². The van der Waals surface area contributed by atoms with Crippen LogP contribution in [0, 0.1) is 0 Å². The van der Waals surface area contributed by atoms with Crippen molar-refractivity contribution in [3.63, 3.8) is 0 Å². The number of fused-ring (bicyclic) bond motifs is 1. The van der Waals surface area contributed by atoms with Gasteiger partial charge in [-0.2, -0.15) is 5.10 Å². The largest absolute Gasteiger partial charge is 0.319 e. The fourth-order valence-corrected chi connectivity index (χ4v) is 2.46. The second-order valence-electron chi connectivity index (χ2n) is 3.50. The van der Waals surface area contributed by atoms with Gasteiger partial charge in [0, 0.05) is 22.8 Å². The average molecular weight is 230 g/mol. The van der Waals surface area contributed by atoms with Crippen LogP contribution < -0.4 is 5.73 Å². The maximum Gasteiger partial charge on any atom is 0.0896 e. The number of hydrogen-bond donors (Lipinski definition) is 1. The highest BCUT2D eigenvalue weighted by Crippen LogP contribution is 2.26. The quantitative estimate of drug-likeness (QED) is 0.730. The van der Waals surface area contributed by atoms with Gasteiger partial charge in [0.05, 0.1) is 24.0 Å². The topological polar surface area (TPSA) is 56.2 Å². The molecule has 0 fully saturated rings. The molecule has 0 saturated heterocycles. The molecule has 2 N–H and O–H groups in total. The molecule has 0 aliphatic rings. The van der Waals surface area contributed by atoms with Crippen LogP contribution in [-0.2, 0) is 0 Å². The van der Waals surface area contributed by atoms with Crippen LogP contribution in [0.1, 0.15) is 16.5 Å². The van der Waals surface area contributed by atoms with E-state index in [-0.39, 0.29) is 6.04 Å². The number of rotatable bonds is 2. The molecule has 16 heavy (non-hydrogen) atoms. The smallest absolute Gasteiger partial charge is 0.0896 e. The van der Waals surface area contributed by atoms with E-state index < -0.39 is 0 Å². The summed E-state index contributed by atoms with van der Waals surface area (Å²) in [5.41, 5.74) is 8.17. The molecule has 0 saturated carbocycles. The number of nitrogens with two attached hydrogens (primary N) is 1. The maximum atomic E-state index is 6.20. The van der Waals surface area contributed by atoms with E-state index in [1.165, 1.54) is 0 Å². The SMILES string of the molecule is NC(c1cccs1)c1cnn2ccncc12. The van der Waals surface area contributed by atoms with Gasteiger partial charge in [-0.3, -0.25) is 4.98 Å². The molecule has 0 aromatic carbocycles. The van der Waals surface area contributed by atoms with Crippen molar-refractivity contribution in [1.29, 1.82) is 0 Å². The number of aromatic nitrogens is 3. The van der Waals surface area contributed by atoms with Crippen molar-refractivity contribution in [3.8, 4) is 0 Å². The van der Waals surface area contributed by atoms with Gasteiger partial charge in [-0.05, 0) is 11.4 Å². The predicted octanol–water partition coefficient (Wildman–Crippen LogP) is 1.84. The van der Waals surface area contributed by atoms with Crippen molar-refractivity contribution in [2.45, 2.75) is 6.04 Å². The van der Waals surface area contributed by atoms with Gasteiger partial charge in [0.1, 0.15) is 0 Å². The third-order valence-electron chi connectivity index (χ3n) is 2.54. The molecular formula is C11H10N4S. The average Bonchev–Trinajstić information content (AvgIpc) is 2.98.